The van der Waals surface area contributed by atoms with E-state index in [4.69, 9.17) is 9.90 Å². The standard InChI is InChI=1S/C20H23N3O4S.C2HF3O2/c1-13-4-9-17(22-14(2)24)18(12-13)28(26,27)23-16-7-5-15(6-8-16)20(10-11-20)19(25)21-3;3-2(4,5)1(6)7/h4-9,12,23H,10-11H2,1-3H3,(H,21,25)(H,22,24);(H,6,7). The third kappa shape index (κ3) is 6.94. The van der Waals surface area contributed by atoms with Gasteiger partial charge in [-0.1, -0.05) is 18.2 Å². The summed E-state index contributed by atoms with van der Waals surface area (Å²) in [6.07, 6.45) is -3.53. The maximum atomic E-state index is 12.9. The number of nitrogens with one attached hydrogen (secondary N) is 3. The maximum absolute atomic E-state index is 12.9. The van der Waals surface area contributed by atoms with Gasteiger partial charge in [-0.15, -0.1) is 0 Å². The summed E-state index contributed by atoms with van der Waals surface area (Å²) in [6.45, 7) is 3.10. The Bertz CT molecular complexity index is 1220. The highest BCUT2D eigenvalue weighted by molar-refractivity contribution is 7.92. The van der Waals surface area contributed by atoms with Crippen molar-refractivity contribution in [3.05, 3.63) is 53.6 Å². The molecule has 0 bridgehead atoms. The van der Waals surface area contributed by atoms with Crippen molar-refractivity contribution in [3.63, 3.8) is 0 Å². The number of sulfonamides is 1. The first kappa shape index (κ1) is 27.6. The Labute approximate surface area is 199 Å². The number of hydrogen-bond donors (Lipinski definition) is 4. The highest BCUT2D eigenvalue weighted by Crippen LogP contribution is 2.48. The summed E-state index contributed by atoms with van der Waals surface area (Å²) >= 11 is 0. The van der Waals surface area contributed by atoms with Gasteiger partial charge in [-0.3, -0.25) is 14.3 Å². The molecule has 0 spiro atoms. The van der Waals surface area contributed by atoms with E-state index in [9.17, 15) is 31.2 Å². The number of anilines is 2. The fraction of sp³-hybridized carbons (Fsp3) is 0.318. The molecule has 1 aliphatic rings. The van der Waals surface area contributed by atoms with Crippen LogP contribution < -0.4 is 15.4 Å². The van der Waals surface area contributed by atoms with Crippen molar-refractivity contribution < 1.29 is 41.1 Å². The van der Waals surface area contributed by atoms with Crippen LogP contribution in [0.5, 0.6) is 0 Å². The molecule has 9 nitrogen and oxygen atoms in total. The zero-order valence-electron chi connectivity index (χ0n) is 19.0. The number of likely N-dealkylation sites (N-methyl/N-ethyl adjacent to an activating group) is 1. The minimum atomic E-state index is -5.08. The van der Waals surface area contributed by atoms with E-state index in [1.54, 1.807) is 50.4 Å². The molecule has 2 aromatic rings. The van der Waals surface area contributed by atoms with E-state index in [0.717, 1.165) is 24.0 Å². The molecule has 0 aliphatic heterocycles. The predicted molar refractivity (Wildman–Crippen MR) is 121 cm³/mol. The fourth-order valence-corrected chi connectivity index (χ4v) is 4.53. The molecule has 1 aliphatic carbocycles. The van der Waals surface area contributed by atoms with E-state index in [1.165, 1.54) is 13.0 Å². The molecule has 1 fully saturated rings. The Morgan fingerprint density at radius 2 is 1.57 bits per heavy atom. The average Bonchev–Trinajstić information content (AvgIpc) is 3.56. The monoisotopic (exact) mass is 515 g/mol. The van der Waals surface area contributed by atoms with Crippen molar-refractivity contribution >= 4 is 39.2 Å². The van der Waals surface area contributed by atoms with Gasteiger partial charge in [0.2, 0.25) is 11.8 Å². The van der Waals surface area contributed by atoms with Gasteiger partial charge in [-0.2, -0.15) is 13.2 Å². The molecule has 190 valence electrons. The molecular weight excluding hydrogens is 491 g/mol. The molecule has 0 heterocycles. The Kier molecular flexibility index (Phi) is 8.16. The predicted octanol–water partition coefficient (Wildman–Crippen LogP) is 3.17. The Morgan fingerprint density at radius 1 is 1.03 bits per heavy atom. The molecule has 0 aromatic heterocycles. The largest absolute Gasteiger partial charge is 0.490 e. The third-order valence-electron chi connectivity index (χ3n) is 5.08. The lowest BCUT2D eigenvalue weighted by atomic mass is 9.95. The Balaban J connectivity index is 0.000000540. The third-order valence-corrected chi connectivity index (χ3v) is 6.50. The van der Waals surface area contributed by atoms with Crippen LogP contribution in [0.4, 0.5) is 24.5 Å². The summed E-state index contributed by atoms with van der Waals surface area (Å²) < 4.78 is 60.0. The molecule has 0 atom stereocenters. The van der Waals surface area contributed by atoms with Crippen LogP contribution in [-0.4, -0.2) is 44.5 Å². The van der Waals surface area contributed by atoms with E-state index in [2.05, 4.69) is 15.4 Å². The minimum Gasteiger partial charge on any atom is -0.475 e. The van der Waals surface area contributed by atoms with Gasteiger partial charge in [0.15, 0.2) is 0 Å². The summed E-state index contributed by atoms with van der Waals surface area (Å²) in [5.41, 5.74) is 1.72. The number of carbonyl (C=O) groups excluding carboxylic acids is 2. The second-order valence-corrected chi connectivity index (χ2v) is 9.48. The number of aryl methyl sites for hydroxylation is 1. The number of rotatable bonds is 6. The second-order valence-electron chi connectivity index (χ2n) is 7.83. The van der Waals surface area contributed by atoms with Gasteiger partial charge in [0.05, 0.1) is 11.1 Å². The van der Waals surface area contributed by atoms with Crippen molar-refractivity contribution in [1.29, 1.82) is 0 Å². The van der Waals surface area contributed by atoms with Gasteiger partial charge in [-0.05, 0) is 55.2 Å². The number of aliphatic carboxylic acids is 1. The summed E-state index contributed by atoms with van der Waals surface area (Å²) in [5.74, 6) is -3.14. The van der Waals surface area contributed by atoms with Crippen molar-refractivity contribution in [1.82, 2.24) is 5.32 Å². The first-order valence-electron chi connectivity index (χ1n) is 10.2. The number of amides is 2. The molecule has 13 heteroatoms. The second kappa shape index (κ2) is 10.3. The van der Waals surface area contributed by atoms with Crippen molar-refractivity contribution in [2.24, 2.45) is 0 Å². The lowest BCUT2D eigenvalue weighted by Gasteiger charge is -2.16. The summed E-state index contributed by atoms with van der Waals surface area (Å²) in [7, 11) is -2.30. The lowest BCUT2D eigenvalue weighted by Crippen LogP contribution is -2.31. The number of carbonyl (C=O) groups is 3. The minimum absolute atomic E-state index is 0.00389. The van der Waals surface area contributed by atoms with E-state index in [-0.39, 0.29) is 22.4 Å². The van der Waals surface area contributed by atoms with Gasteiger partial charge in [-0.25, -0.2) is 13.2 Å². The van der Waals surface area contributed by atoms with Crippen LogP contribution in [0.2, 0.25) is 0 Å². The summed E-state index contributed by atoms with van der Waals surface area (Å²) in [6, 6.07) is 11.6. The maximum Gasteiger partial charge on any atom is 0.490 e. The van der Waals surface area contributed by atoms with Crippen LogP contribution in [0.15, 0.2) is 47.4 Å². The van der Waals surface area contributed by atoms with E-state index in [0.29, 0.717) is 5.69 Å². The van der Waals surface area contributed by atoms with E-state index in [1.807, 2.05) is 0 Å². The first-order valence-corrected chi connectivity index (χ1v) is 11.6. The van der Waals surface area contributed by atoms with Crippen LogP contribution >= 0.6 is 0 Å². The topological polar surface area (TPSA) is 142 Å². The van der Waals surface area contributed by atoms with Crippen LogP contribution in [0.25, 0.3) is 0 Å². The highest BCUT2D eigenvalue weighted by Gasteiger charge is 2.50. The number of hydrogen-bond acceptors (Lipinski definition) is 5. The SMILES string of the molecule is CNC(=O)C1(c2ccc(NS(=O)(=O)c3cc(C)ccc3NC(C)=O)cc2)CC1.O=C(O)C(F)(F)F. The molecule has 0 unspecified atom stereocenters. The first-order chi connectivity index (χ1) is 16.1. The quantitative estimate of drug-likeness (QED) is 0.466. The van der Waals surface area contributed by atoms with Crippen LogP contribution in [0.1, 0.15) is 30.9 Å². The molecule has 4 N–H and O–H groups in total. The zero-order valence-corrected chi connectivity index (χ0v) is 19.8. The molecule has 1 saturated carbocycles. The summed E-state index contributed by atoms with van der Waals surface area (Å²) in [4.78, 5) is 32.4. The van der Waals surface area contributed by atoms with Gasteiger partial charge >= 0.3 is 12.1 Å². The number of halogens is 3. The Hall–Kier alpha value is -3.61. The van der Waals surface area contributed by atoms with E-state index >= 15 is 0 Å². The van der Waals surface area contributed by atoms with E-state index < -0.39 is 27.6 Å². The average molecular weight is 516 g/mol. The van der Waals surface area contributed by atoms with Crippen molar-refractivity contribution in [3.8, 4) is 0 Å². The van der Waals surface area contributed by atoms with Crippen molar-refractivity contribution in [2.75, 3.05) is 17.1 Å². The van der Waals surface area contributed by atoms with Crippen LogP contribution in [0.3, 0.4) is 0 Å². The fourth-order valence-electron chi connectivity index (χ4n) is 3.22. The van der Waals surface area contributed by atoms with Gasteiger partial charge < -0.3 is 15.7 Å². The molecule has 2 amide bonds. The molecule has 3 rings (SSSR count). The molecule has 2 aromatic carbocycles. The Morgan fingerprint density at radius 3 is 2.00 bits per heavy atom. The number of benzene rings is 2. The number of carboxylic acids is 1. The number of carboxylic acid groups (broad SMARTS) is 1. The smallest absolute Gasteiger partial charge is 0.475 e. The zero-order chi connectivity index (χ0) is 26.6. The highest BCUT2D eigenvalue weighted by atomic mass is 32.2. The summed E-state index contributed by atoms with van der Waals surface area (Å²) in [5, 5.41) is 12.4. The van der Waals surface area contributed by atoms with Crippen molar-refractivity contribution in [2.45, 2.75) is 43.2 Å². The molecular formula is C22H24F3N3O6S. The normalized spacial score (nSPS) is 14.1. The van der Waals surface area contributed by atoms with Gasteiger partial charge in [0.25, 0.3) is 10.0 Å². The lowest BCUT2D eigenvalue weighted by molar-refractivity contribution is -0.192. The van der Waals surface area contributed by atoms with Crippen LogP contribution in [0, 0.1) is 6.92 Å². The molecule has 0 radical (unpaired) electrons. The molecule has 0 saturated heterocycles. The number of alkyl halides is 3. The molecule has 35 heavy (non-hydrogen) atoms. The van der Waals surface area contributed by atoms with Crippen LogP contribution in [-0.2, 0) is 29.8 Å². The van der Waals surface area contributed by atoms with Gasteiger partial charge in [0.1, 0.15) is 4.90 Å². The van der Waals surface area contributed by atoms with Gasteiger partial charge in [0, 0.05) is 19.7 Å².